The summed E-state index contributed by atoms with van der Waals surface area (Å²) >= 11 is 1.45. The van der Waals surface area contributed by atoms with E-state index in [1.54, 1.807) is 6.92 Å². The van der Waals surface area contributed by atoms with Crippen LogP contribution in [0.1, 0.15) is 23.1 Å². The molecule has 0 aliphatic rings. The highest BCUT2D eigenvalue weighted by atomic mass is 32.1. The summed E-state index contributed by atoms with van der Waals surface area (Å²) in [7, 11) is 3.88. The maximum atomic E-state index is 12.8. The molecule has 2 aromatic carbocycles. The van der Waals surface area contributed by atoms with E-state index < -0.39 is 0 Å². The number of aromatic amines is 1. The highest BCUT2D eigenvalue weighted by Crippen LogP contribution is 2.42. The number of benzene rings is 2. The van der Waals surface area contributed by atoms with Crippen molar-refractivity contribution in [3.05, 3.63) is 76.3 Å². The summed E-state index contributed by atoms with van der Waals surface area (Å²) < 4.78 is 0.608. The van der Waals surface area contributed by atoms with E-state index in [-0.39, 0.29) is 11.3 Å². The number of hydrogen-bond acceptors (Lipinski definition) is 5. The number of nitrogens with one attached hydrogen (secondary N) is 1. The number of ketones is 1. The summed E-state index contributed by atoms with van der Waals surface area (Å²) in [6.07, 6.45) is 0. The molecule has 0 radical (unpaired) electrons. The number of nitrogens with zero attached hydrogens (tertiary/aromatic N) is 2. The number of fused-ring (bicyclic) bond motifs is 1. The Kier molecular flexibility index (Phi) is 5.13. The fraction of sp³-hybridized carbons (Fsp3) is 0.174. The Morgan fingerprint density at radius 3 is 2.34 bits per heavy atom. The number of Topliss-reactive ketones (excluding diaryl/α,β-unsaturated/α-hetero) is 1. The second-order valence-electron chi connectivity index (χ2n) is 7.23. The normalized spacial score (nSPS) is 11.3. The lowest BCUT2D eigenvalue weighted by atomic mass is 9.99. The molecular weight excluding hydrogens is 382 g/mol. The Hall–Kier alpha value is -3.09. The molecule has 4 rings (SSSR count). The van der Waals surface area contributed by atoms with Crippen molar-refractivity contribution >= 4 is 27.3 Å². The van der Waals surface area contributed by atoms with Gasteiger partial charge in [-0.05, 0) is 32.1 Å². The van der Waals surface area contributed by atoms with E-state index in [4.69, 9.17) is 4.98 Å². The van der Waals surface area contributed by atoms with Crippen molar-refractivity contribution in [1.29, 1.82) is 0 Å². The van der Waals surface area contributed by atoms with Gasteiger partial charge in [-0.25, -0.2) is 4.98 Å². The highest BCUT2D eigenvalue weighted by Gasteiger charge is 2.20. The number of thiophene rings is 1. The van der Waals surface area contributed by atoms with Gasteiger partial charge in [-0.2, -0.15) is 0 Å². The third-order valence-corrected chi connectivity index (χ3v) is 5.90. The van der Waals surface area contributed by atoms with E-state index >= 15 is 0 Å². The Labute approximate surface area is 172 Å². The van der Waals surface area contributed by atoms with Crippen molar-refractivity contribution < 1.29 is 4.79 Å². The first kappa shape index (κ1) is 19.2. The fourth-order valence-corrected chi connectivity index (χ4v) is 4.50. The first-order chi connectivity index (χ1) is 13.9. The Bertz CT molecular complexity index is 1240. The minimum atomic E-state index is -0.124. The van der Waals surface area contributed by atoms with E-state index in [0.717, 1.165) is 21.6 Å². The number of aromatic nitrogens is 2. The van der Waals surface area contributed by atoms with Crippen molar-refractivity contribution in [2.24, 2.45) is 0 Å². The minimum absolute atomic E-state index is 0.0258. The molecule has 1 N–H and O–H groups in total. The Morgan fingerprint density at radius 2 is 1.72 bits per heavy atom. The SMILES string of the molecule is CC(=O)c1ccc(-c2c(-c3ccccc3)sc3c(=O)[nH]c(CN(C)C)nc23)cc1. The quantitative estimate of drug-likeness (QED) is 0.495. The second kappa shape index (κ2) is 7.73. The molecule has 6 heteroatoms. The van der Waals surface area contributed by atoms with Crippen LogP contribution in [0.4, 0.5) is 0 Å². The summed E-state index contributed by atoms with van der Waals surface area (Å²) in [6, 6.07) is 17.5. The molecule has 0 bridgehead atoms. The smallest absolute Gasteiger partial charge is 0.268 e. The van der Waals surface area contributed by atoms with Crippen LogP contribution in [0.25, 0.3) is 31.8 Å². The van der Waals surface area contributed by atoms with Gasteiger partial charge in [0.1, 0.15) is 10.5 Å². The molecule has 0 atom stereocenters. The van der Waals surface area contributed by atoms with Gasteiger partial charge in [-0.15, -0.1) is 11.3 Å². The van der Waals surface area contributed by atoms with Gasteiger partial charge in [0, 0.05) is 16.0 Å². The van der Waals surface area contributed by atoms with Gasteiger partial charge in [-0.1, -0.05) is 54.6 Å². The van der Waals surface area contributed by atoms with Crippen LogP contribution in [-0.4, -0.2) is 34.7 Å². The Balaban J connectivity index is 2.01. The van der Waals surface area contributed by atoms with Gasteiger partial charge in [0.05, 0.1) is 12.1 Å². The average Bonchev–Trinajstić information content (AvgIpc) is 3.08. The van der Waals surface area contributed by atoms with Gasteiger partial charge in [-0.3, -0.25) is 9.59 Å². The largest absolute Gasteiger partial charge is 0.308 e. The summed E-state index contributed by atoms with van der Waals surface area (Å²) in [5, 5.41) is 0. The third kappa shape index (κ3) is 3.77. The number of carbonyl (C=O) groups excluding carboxylic acids is 1. The van der Waals surface area contributed by atoms with Gasteiger partial charge < -0.3 is 9.88 Å². The molecule has 0 saturated carbocycles. The van der Waals surface area contributed by atoms with Crippen molar-refractivity contribution in [2.75, 3.05) is 14.1 Å². The predicted octanol–water partition coefficient (Wildman–Crippen LogP) is 4.58. The molecule has 0 aliphatic carbocycles. The number of H-pyrrole nitrogens is 1. The lowest BCUT2D eigenvalue weighted by Crippen LogP contribution is -2.18. The van der Waals surface area contributed by atoms with Crippen molar-refractivity contribution in [2.45, 2.75) is 13.5 Å². The lowest BCUT2D eigenvalue weighted by molar-refractivity contribution is 0.101. The third-order valence-electron chi connectivity index (χ3n) is 4.68. The molecular formula is C23H21N3O2S. The summed E-state index contributed by atoms with van der Waals surface area (Å²) in [5.41, 5.74) is 4.14. The van der Waals surface area contributed by atoms with Gasteiger partial charge in [0.2, 0.25) is 0 Å². The van der Waals surface area contributed by atoms with Crippen LogP contribution in [0.5, 0.6) is 0 Å². The molecule has 4 aromatic rings. The zero-order valence-corrected chi connectivity index (χ0v) is 17.3. The zero-order chi connectivity index (χ0) is 20.5. The first-order valence-corrected chi connectivity index (χ1v) is 10.1. The van der Waals surface area contributed by atoms with Crippen LogP contribution >= 0.6 is 11.3 Å². The van der Waals surface area contributed by atoms with Crippen LogP contribution in [0.2, 0.25) is 0 Å². The number of rotatable bonds is 5. The first-order valence-electron chi connectivity index (χ1n) is 9.31. The van der Waals surface area contributed by atoms with Gasteiger partial charge in [0.25, 0.3) is 5.56 Å². The van der Waals surface area contributed by atoms with Crippen LogP contribution < -0.4 is 5.56 Å². The van der Waals surface area contributed by atoms with Crippen molar-refractivity contribution in [1.82, 2.24) is 14.9 Å². The lowest BCUT2D eigenvalue weighted by Gasteiger charge is -2.09. The maximum Gasteiger partial charge on any atom is 0.268 e. The molecule has 2 heterocycles. The van der Waals surface area contributed by atoms with E-state index in [1.165, 1.54) is 11.3 Å². The van der Waals surface area contributed by atoms with Crippen LogP contribution in [0.3, 0.4) is 0 Å². The predicted molar refractivity (Wildman–Crippen MR) is 119 cm³/mol. The van der Waals surface area contributed by atoms with E-state index in [2.05, 4.69) is 4.98 Å². The minimum Gasteiger partial charge on any atom is -0.308 e. The molecule has 5 nitrogen and oxygen atoms in total. The van der Waals surface area contributed by atoms with Gasteiger partial charge in [0.15, 0.2) is 5.78 Å². The van der Waals surface area contributed by atoms with Crippen molar-refractivity contribution in [3.63, 3.8) is 0 Å². The summed E-state index contributed by atoms with van der Waals surface area (Å²) in [5.74, 6) is 0.657. The van der Waals surface area contributed by atoms with Crippen LogP contribution in [-0.2, 0) is 6.54 Å². The van der Waals surface area contributed by atoms with Gasteiger partial charge >= 0.3 is 0 Å². The molecule has 146 valence electrons. The average molecular weight is 404 g/mol. The molecule has 0 aliphatic heterocycles. The molecule has 0 saturated heterocycles. The summed E-state index contributed by atoms with van der Waals surface area (Å²) in [6.45, 7) is 2.10. The highest BCUT2D eigenvalue weighted by molar-refractivity contribution is 7.22. The maximum absolute atomic E-state index is 12.8. The number of hydrogen-bond donors (Lipinski definition) is 1. The summed E-state index contributed by atoms with van der Waals surface area (Å²) in [4.78, 5) is 35.2. The molecule has 29 heavy (non-hydrogen) atoms. The topological polar surface area (TPSA) is 66.1 Å². The molecule has 0 spiro atoms. The van der Waals surface area contributed by atoms with Crippen LogP contribution in [0, 0.1) is 0 Å². The molecule has 0 fully saturated rings. The fourth-order valence-electron chi connectivity index (χ4n) is 3.34. The zero-order valence-electron chi connectivity index (χ0n) is 16.5. The molecule has 0 amide bonds. The monoisotopic (exact) mass is 403 g/mol. The van der Waals surface area contributed by atoms with E-state index in [1.807, 2.05) is 73.6 Å². The Morgan fingerprint density at radius 1 is 1.03 bits per heavy atom. The van der Waals surface area contributed by atoms with E-state index in [0.29, 0.717) is 28.1 Å². The standard InChI is InChI=1S/C23H21N3O2S/c1-14(27)15-9-11-16(12-10-15)19-20-22(23(28)25-18(24-20)13-26(2)3)29-21(19)17-7-5-4-6-8-17/h4-12H,13H2,1-3H3,(H,24,25,28). The molecule has 0 unspecified atom stereocenters. The second-order valence-corrected chi connectivity index (χ2v) is 8.25. The molecule has 2 aromatic heterocycles. The number of carbonyl (C=O) groups is 1. The van der Waals surface area contributed by atoms with E-state index in [9.17, 15) is 9.59 Å². The van der Waals surface area contributed by atoms with Crippen molar-refractivity contribution in [3.8, 4) is 21.6 Å². The van der Waals surface area contributed by atoms with Crippen LogP contribution in [0.15, 0.2) is 59.4 Å².